The van der Waals surface area contributed by atoms with E-state index in [-0.39, 0.29) is 6.10 Å². The summed E-state index contributed by atoms with van der Waals surface area (Å²) in [6.45, 7) is 1.56. The van der Waals surface area contributed by atoms with Crippen LogP contribution in [0.4, 0.5) is 5.82 Å². The third-order valence-corrected chi connectivity index (χ3v) is 3.51. The number of anilines is 1. The van der Waals surface area contributed by atoms with Crippen LogP contribution in [0, 0.1) is 0 Å². The van der Waals surface area contributed by atoms with Gasteiger partial charge >= 0.3 is 0 Å². The predicted octanol–water partition coefficient (Wildman–Crippen LogP) is 2.24. The molecule has 2 heterocycles. The van der Waals surface area contributed by atoms with Crippen LogP contribution in [-0.4, -0.2) is 34.3 Å². The number of hydrogen-bond donors (Lipinski definition) is 1. The number of aromatic nitrogens is 2. The van der Waals surface area contributed by atoms with Crippen molar-refractivity contribution in [2.24, 2.45) is 0 Å². The van der Waals surface area contributed by atoms with Crippen molar-refractivity contribution >= 4 is 28.3 Å². The summed E-state index contributed by atoms with van der Waals surface area (Å²) in [5.41, 5.74) is 0.840. The maximum Gasteiger partial charge on any atom is 0.139 e. The van der Waals surface area contributed by atoms with Gasteiger partial charge in [0.2, 0.25) is 0 Å². The van der Waals surface area contributed by atoms with Gasteiger partial charge in [-0.2, -0.15) is 0 Å². The largest absolute Gasteiger partial charge is 0.391 e. The second kappa shape index (κ2) is 4.71. The second-order valence-electron chi connectivity index (χ2n) is 4.60. The summed E-state index contributed by atoms with van der Waals surface area (Å²) in [6, 6.07) is 5.62. The molecule has 0 bridgehead atoms. The van der Waals surface area contributed by atoms with Crippen molar-refractivity contribution in [3.63, 3.8) is 0 Å². The predicted molar refractivity (Wildman–Crippen MR) is 72.0 cm³/mol. The van der Waals surface area contributed by atoms with E-state index in [4.69, 9.17) is 11.6 Å². The van der Waals surface area contributed by atoms with Crippen LogP contribution in [0.2, 0.25) is 5.02 Å². The highest BCUT2D eigenvalue weighted by molar-refractivity contribution is 6.31. The summed E-state index contributed by atoms with van der Waals surface area (Å²) in [5.74, 6) is 0.885. The van der Waals surface area contributed by atoms with Gasteiger partial charge in [-0.15, -0.1) is 0 Å². The van der Waals surface area contributed by atoms with Gasteiger partial charge in [-0.05, 0) is 31.0 Å². The molecule has 1 aromatic heterocycles. The van der Waals surface area contributed by atoms with Crippen LogP contribution in [0.15, 0.2) is 24.5 Å². The van der Waals surface area contributed by atoms with Crippen LogP contribution < -0.4 is 4.90 Å². The Morgan fingerprint density at radius 1 is 1.33 bits per heavy atom. The fourth-order valence-electron chi connectivity index (χ4n) is 2.42. The quantitative estimate of drug-likeness (QED) is 0.857. The highest BCUT2D eigenvalue weighted by Gasteiger charge is 2.20. The fraction of sp³-hybridized carbons (Fsp3) is 0.385. The highest BCUT2D eigenvalue weighted by atomic mass is 35.5. The first-order valence-electron chi connectivity index (χ1n) is 6.07. The molecule has 1 fully saturated rings. The molecule has 0 aliphatic carbocycles. The van der Waals surface area contributed by atoms with E-state index in [1.807, 2.05) is 18.2 Å². The van der Waals surface area contributed by atoms with Crippen LogP contribution in [0.25, 0.3) is 10.9 Å². The molecular weight excluding hydrogens is 250 g/mol. The average Bonchev–Trinajstić information content (AvgIpc) is 2.37. The zero-order valence-corrected chi connectivity index (χ0v) is 10.6. The zero-order valence-electron chi connectivity index (χ0n) is 9.88. The Morgan fingerprint density at radius 2 is 2.22 bits per heavy atom. The minimum Gasteiger partial charge on any atom is -0.391 e. The van der Waals surface area contributed by atoms with Crippen LogP contribution in [-0.2, 0) is 0 Å². The molecule has 1 aliphatic heterocycles. The average molecular weight is 264 g/mol. The van der Waals surface area contributed by atoms with E-state index < -0.39 is 0 Å². The lowest BCUT2D eigenvalue weighted by molar-refractivity contribution is 0.154. The normalized spacial score (nSPS) is 20.3. The number of β-amino-alcohol motifs (C(OH)–C–C–N with tert-alkyl or cyclic N) is 1. The first-order chi connectivity index (χ1) is 8.74. The van der Waals surface area contributed by atoms with Gasteiger partial charge in [0.25, 0.3) is 0 Å². The summed E-state index contributed by atoms with van der Waals surface area (Å²) in [4.78, 5) is 10.7. The van der Waals surface area contributed by atoms with Crippen molar-refractivity contribution in [3.8, 4) is 0 Å². The molecule has 1 aromatic carbocycles. The smallest absolute Gasteiger partial charge is 0.139 e. The number of aliphatic hydroxyl groups is 1. The first-order valence-corrected chi connectivity index (χ1v) is 6.45. The van der Waals surface area contributed by atoms with Gasteiger partial charge in [0.1, 0.15) is 12.1 Å². The first kappa shape index (κ1) is 11.7. The van der Waals surface area contributed by atoms with Gasteiger partial charge in [0.15, 0.2) is 0 Å². The molecule has 18 heavy (non-hydrogen) atoms. The van der Waals surface area contributed by atoms with Crippen LogP contribution in [0.3, 0.4) is 0 Å². The fourth-order valence-corrected chi connectivity index (χ4v) is 2.58. The van der Waals surface area contributed by atoms with E-state index >= 15 is 0 Å². The third kappa shape index (κ3) is 2.13. The van der Waals surface area contributed by atoms with E-state index in [0.717, 1.165) is 36.1 Å². The minimum absolute atomic E-state index is 0.268. The summed E-state index contributed by atoms with van der Waals surface area (Å²) in [5, 5.41) is 11.4. The van der Waals surface area contributed by atoms with Gasteiger partial charge in [0, 0.05) is 23.5 Å². The lowest BCUT2D eigenvalue weighted by Crippen LogP contribution is -2.38. The SMILES string of the molecule is OC1CCCN(c2ncnc3cc(Cl)ccc23)C1. The van der Waals surface area contributed by atoms with Crippen molar-refractivity contribution < 1.29 is 5.11 Å². The number of aliphatic hydroxyl groups excluding tert-OH is 1. The molecular formula is C13H14ClN3O. The minimum atomic E-state index is -0.268. The van der Waals surface area contributed by atoms with E-state index in [1.165, 1.54) is 0 Å². The maximum atomic E-state index is 9.75. The van der Waals surface area contributed by atoms with Crippen molar-refractivity contribution in [3.05, 3.63) is 29.5 Å². The third-order valence-electron chi connectivity index (χ3n) is 3.27. The lowest BCUT2D eigenvalue weighted by Gasteiger charge is -2.31. The Balaban J connectivity index is 2.05. The van der Waals surface area contributed by atoms with Crippen molar-refractivity contribution in [1.82, 2.24) is 9.97 Å². The van der Waals surface area contributed by atoms with Gasteiger partial charge < -0.3 is 10.0 Å². The van der Waals surface area contributed by atoms with Crippen molar-refractivity contribution in [2.45, 2.75) is 18.9 Å². The monoisotopic (exact) mass is 263 g/mol. The van der Waals surface area contributed by atoms with E-state index in [0.29, 0.717) is 11.6 Å². The number of fused-ring (bicyclic) bond motifs is 1. The molecule has 1 unspecified atom stereocenters. The molecule has 1 saturated heterocycles. The van der Waals surface area contributed by atoms with Gasteiger partial charge in [-0.1, -0.05) is 11.6 Å². The van der Waals surface area contributed by atoms with Crippen molar-refractivity contribution in [1.29, 1.82) is 0 Å². The Hall–Kier alpha value is -1.39. The number of hydrogen-bond acceptors (Lipinski definition) is 4. The van der Waals surface area contributed by atoms with E-state index in [2.05, 4.69) is 14.9 Å². The number of nitrogens with zero attached hydrogens (tertiary/aromatic N) is 3. The molecule has 94 valence electrons. The topological polar surface area (TPSA) is 49.2 Å². The van der Waals surface area contributed by atoms with Crippen LogP contribution in [0.5, 0.6) is 0 Å². The van der Waals surface area contributed by atoms with Gasteiger partial charge in [0.05, 0.1) is 11.6 Å². The molecule has 1 atom stereocenters. The number of benzene rings is 1. The Morgan fingerprint density at radius 3 is 3.06 bits per heavy atom. The number of halogens is 1. The van der Waals surface area contributed by atoms with E-state index in [1.54, 1.807) is 6.33 Å². The Labute approximate surface area is 110 Å². The molecule has 0 radical (unpaired) electrons. The molecule has 1 N–H and O–H groups in total. The molecule has 5 heteroatoms. The Kier molecular flexibility index (Phi) is 3.06. The molecule has 0 amide bonds. The van der Waals surface area contributed by atoms with E-state index in [9.17, 15) is 5.11 Å². The van der Waals surface area contributed by atoms with Gasteiger partial charge in [-0.25, -0.2) is 9.97 Å². The Bertz CT molecular complexity index is 575. The molecule has 3 rings (SSSR count). The van der Waals surface area contributed by atoms with Crippen LogP contribution in [0.1, 0.15) is 12.8 Å². The summed E-state index contributed by atoms with van der Waals surface area (Å²) in [6.07, 6.45) is 3.14. The maximum absolute atomic E-state index is 9.75. The number of piperidine rings is 1. The molecule has 1 aliphatic rings. The second-order valence-corrected chi connectivity index (χ2v) is 5.04. The summed E-state index contributed by atoms with van der Waals surface area (Å²) >= 11 is 5.97. The lowest BCUT2D eigenvalue weighted by atomic mass is 10.1. The van der Waals surface area contributed by atoms with Gasteiger partial charge in [-0.3, -0.25) is 0 Å². The molecule has 0 saturated carbocycles. The molecule has 2 aromatic rings. The summed E-state index contributed by atoms with van der Waals surface area (Å²) < 4.78 is 0. The standard InChI is InChI=1S/C13H14ClN3O/c14-9-3-4-11-12(6-9)15-8-16-13(11)17-5-1-2-10(18)7-17/h3-4,6,8,10,18H,1-2,5,7H2. The van der Waals surface area contributed by atoms with Crippen molar-refractivity contribution in [2.75, 3.05) is 18.0 Å². The zero-order chi connectivity index (χ0) is 12.5. The highest BCUT2D eigenvalue weighted by Crippen LogP contribution is 2.27. The number of rotatable bonds is 1. The molecule has 4 nitrogen and oxygen atoms in total. The molecule has 0 spiro atoms. The van der Waals surface area contributed by atoms with Crippen LogP contribution >= 0.6 is 11.6 Å². The summed E-state index contributed by atoms with van der Waals surface area (Å²) in [7, 11) is 0.